The third kappa shape index (κ3) is 4.69. The zero-order chi connectivity index (χ0) is 19.5. The zero-order valence-electron chi connectivity index (χ0n) is 14.5. The number of aliphatic hydroxyl groups is 1. The van der Waals surface area contributed by atoms with E-state index in [0.29, 0.717) is 6.26 Å². The Balaban J connectivity index is 1.87. The van der Waals surface area contributed by atoms with Gasteiger partial charge in [-0.15, -0.1) is 0 Å². The molecule has 0 radical (unpaired) electrons. The van der Waals surface area contributed by atoms with Crippen LogP contribution >= 0.6 is 0 Å². The zero-order valence-corrected chi connectivity index (χ0v) is 14.5. The van der Waals surface area contributed by atoms with E-state index in [2.05, 4.69) is 10.6 Å². The molecule has 1 aliphatic heterocycles. The summed E-state index contributed by atoms with van der Waals surface area (Å²) in [7, 11) is 1.49. The first-order chi connectivity index (χ1) is 12.1. The lowest BCUT2D eigenvalue weighted by atomic mass is 10.0. The van der Waals surface area contributed by atoms with Crippen LogP contribution in [0.5, 0.6) is 0 Å². The van der Waals surface area contributed by atoms with Gasteiger partial charge in [0.2, 0.25) is 5.91 Å². The Hall–Kier alpha value is -2.23. The third-order valence-corrected chi connectivity index (χ3v) is 4.48. The van der Waals surface area contributed by atoms with Gasteiger partial charge in [-0.05, 0) is 13.3 Å². The van der Waals surface area contributed by atoms with Crippen molar-refractivity contribution in [2.45, 2.75) is 32.0 Å². The molecule has 0 bridgehead atoms. The quantitative estimate of drug-likeness (QED) is 0.721. The first kappa shape index (κ1) is 20.1. The summed E-state index contributed by atoms with van der Waals surface area (Å²) >= 11 is 0. The molecular weight excluding hydrogens is 355 g/mol. The minimum Gasteiger partial charge on any atom is -0.469 e. The van der Waals surface area contributed by atoms with E-state index >= 15 is 0 Å². The van der Waals surface area contributed by atoms with Crippen molar-refractivity contribution in [2.75, 3.05) is 26.7 Å². The van der Waals surface area contributed by atoms with Crippen LogP contribution in [-0.4, -0.2) is 54.7 Å². The van der Waals surface area contributed by atoms with Gasteiger partial charge in [0.1, 0.15) is 12.0 Å². The van der Waals surface area contributed by atoms with Gasteiger partial charge in [-0.3, -0.25) is 4.79 Å². The number of nitrogens with zero attached hydrogens (tertiary/aromatic N) is 1. The van der Waals surface area contributed by atoms with Gasteiger partial charge in [0, 0.05) is 44.6 Å². The number of furan rings is 1. The molecular formula is C16H22F3N3O4. The number of amides is 3. The molecule has 3 N–H and O–H groups in total. The normalized spacial score (nSPS) is 20.3. The maximum absolute atomic E-state index is 12.9. The second-order valence-electron chi connectivity index (χ2n) is 6.27. The molecule has 146 valence electrons. The maximum atomic E-state index is 12.9. The lowest BCUT2D eigenvalue weighted by Crippen LogP contribution is -2.40. The van der Waals surface area contributed by atoms with Crippen molar-refractivity contribution >= 4 is 11.9 Å². The molecule has 0 saturated carbocycles. The second-order valence-corrected chi connectivity index (χ2v) is 6.27. The predicted octanol–water partition coefficient (Wildman–Crippen LogP) is 1.29. The van der Waals surface area contributed by atoms with Crippen LogP contribution in [0.25, 0.3) is 0 Å². The van der Waals surface area contributed by atoms with Crippen molar-refractivity contribution in [2.24, 2.45) is 5.92 Å². The number of alkyl halides is 3. The minimum absolute atomic E-state index is 0.00497. The van der Waals surface area contributed by atoms with Crippen LogP contribution in [-0.2, 0) is 17.4 Å². The Bertz CT molecular complexity index is 660. The van der Waals surface area contributed by atoms with Gasteiger partial charge in [-0.25, -0.2) is 4.79 Å². The summed E-state index contributed by atoms with van der Waals surface area (Å²) in [6.07, 6.45) is -4.58. The number of β-amino-alcohol motifs (C(OH)–C–C–N with tert-alkyl or cyclic N) is 1. The van der Waals surface area contributed by atoms with E-state index in [-0.39, 0.29) is 55.6 Å². The molecule has 1 aromatic rings. The van der Waals surface area contributed by atoms with Crippen molar-refractivity contribution in [3.63, 3.8) is 0 Å². The number of aliphatic hydroxyl groups excluding tert-OH is 1. The molecule has 1 fully saturated rings. The molecule has 0 unspecified atom stereocenters. The molecule has 0 aliphatic carbocycles. The molecule has 26 heavy (non-hydrogen) atoms. The second kappa shape index (κ2) is 7.98. The van der Waals surface area contributed by atoms with Crippen LogP contribution in [0.15, 0.2) is 10.7 Å². The smallest absolute Gasteiger partial charge is 0.419 e. The van der Waals surface area contributed by atoms with E-state index in [0.717, 1.165) is 0 Å². The Morgan fingerprint density at radius 1 is 1.38 bits per heavy atom. The molecule has 2 heterocycles. The van der Waals surface area contributed by atoms with Gasteiger partial charge in [-0.2, -0.15) is 13.2 Å². The summed E-state index contributed by atoms with van der Waals surface area (Å²) < 4.78 is 43.5. The maximum Gasteiger partial charge on any atom is 0.419 e. The molecule has 3 amide bonds. The highest BCUT2D eigenvalue weighted by Gasteiger charge is 2.37. The van der Waals surface area contributed by atoms with Gasteiger partial charge in [0.05, 0.1) is 11.7 Å². The fourth-order valence-electron chi connectivity index (χ4n) is 2.99. The van der Waals surface area contributed by atoms with Gasteiger partial charge in [0.25, 0.3) is 0 Å². The average molecular weight is 377 g/mol. The van der Waals surface area contributed by atoms with Crippen molar-refractivity contribution in [1.82, 2.24) is 15.5 Å². The number of hydrogen-bond acceptors (Lipinski definition) is 4. The SMILES string of the molecule is CNC(=O)C[C@@H]1CN(C(=O)NCCc2c(C(F)(F)F)coc2C)C[C@H]1O. The third-order valence-electron chi connectivity index (χ3n) is 4.48. The van der Waals surface area contributed by atoms with E-state index in [9.17, 15) is 27.9 Å². The topological polar surface area (TPSA) is 94.8 Å². The number of urea groups is 1. The Morgan fingerprint density at radius 2 is 2.08 bits per heavy atom. The molecule has 1 aromatic heterocycles. The first-order valence-electron chi connectivity index (χ1n) is 8.19. The molecule has 1 aliphatic rings. The molecule has 2 rings (SSSR count). The Kier molecular flexibility index (Phi) is 6.17. The van der Waals surface area contributed by atoms with Gasteiger partial charge in [-0.1, -0.05) is 0 Å². The van der Waals surface area contributed by atoms with Gasteiger partial charge < -0.3 is 25.1 Å². The van der Waals surface area contributed by atoms with Gasteiger partial charge >= 0.3 is 12.2 Å². The highest BCUT2D eigenvalue weighted by Crippen LogP contribution is 2.34. The molecule has 1 saturated heterocycles. The van der Waals surface area contributed by atoms with Crippen molar-refractivity contribution in [1.29, 1.82) is 0 Å². The minimum atomic E-state index is -4.51. The molecule has 0 spiro atoms. The highest BCUT2D eigenvalue weighted by molar-refractivity contribution is 5.77. The lowest BCUT2D eigenvalue weighted by Gasteiger charge is -2.17. The number of rotatable bonds is 5. The van der Waals surface area contributed by atoms with E-state index < -0.39 is 23.9 Å². The summed E-state index contributed by atoms with van der Waals surface area (Å²) in [5.74, 6) is -0.436. The largest absolute Gasteiger partial charge is 0.469 e. The number of hydrogen-bond donors (Lipinski definition) is 3. The Labute approximate surface area is 148 Å². The summed E-state index contributed by atoms with van der Waals surface area (Å²) in [4.78, 5) is 24.9. The van der Waals surface area contributed by atoms with E-state index in [1.165, 1.54) is 18.9 Å². The van der Waals surface area contributed by atoms with Crippen molar-refractivity contribution in [3.8, 4) is 0 Å². The fourth-order valence-corrected chi connectivity index (χ4v) is 2.99. The predicted molar refractivity (Wildman–Crippen MR) is 85.3 cm³/mol. The number of halogens is 3. The van der Waals surface area contributed by atoms with E-state index in [1.807, 2.05) is 0 Å². The summed E-state index contributed by atoms with van der Waals surface area (Å²) in [6, 6.07) is -0.488. The fraction of sp³-hybridized carbons (Fsp3) is 0.625. The number of nitrogens with one attached hydrogen (secondary N) is 2. The standard InChI is InChI=1S/C16H22F3N3O4/c1-9-11(12(8-26-9)16(17,18)19)3-4-21-15(25)22-6-10(13(23)7-22)5-14(24)20-2/h8,10,13,23H,3-7H2,1-2H3,(H,20,24)(H,21,25)/t10-,13-/m1/s1. The summed E-state index contributed by atoms with van der Waals surface area (Å²) in [5, 5.41) is 15.0. The molecule has 0 aromatic carbocycles. The number of likely N-dealkylation sites (tertiary alicyclic amines) is 1. The van der Waals surface area contributed by atoms with Crippen molar-refractivity contribution in [3.05, 3.63) is 23.2 Å². The van der Waals surface area contributed by atoms with E-state index in [4.69, 9.17) is 4.42 Å². The summed E-state index contributed by atoms with van der Waals surface area (Å²) in [6.45, 7) is 1.71. The van der Waals surface area contributed by atoms with Crippen LogP contribution in [0.4, 0.5) is 18.0 Å². The van der Waals surface area contributed by atoms with Gasteiger partial charge in [0.15, 0.2) is 0 Å². The number of aryl methyl sites for hydroxylation is 1. The first-order valence-corrected chi connectivity index (χ1v) is 8.19. The van der Waals surface area contributed by atoms with Crippen LogP contribution in [0.3, 0.4) is 0 Å². The van der Waals surface area contributed by atoms with E-state index in [1.54, 1.807) is 0 Å². The number of carbonyl (C=O) groups excluding carboxylic acids is 2. The molecule has 7 nitrogen and oxygen atoms in total. The average Bonchev–Trinajstić information content (AvgIpc) is 3.10. The van der Waals surface area contributed by atoms with Crippen LogP contribution < -0.4 is 10.6 Å². The molecule has 2 atom stereocenters. The van der Waals surface area contributed by atoms with Crippen LogP contribution in [0.2, 0.25) is 0 Å². The number of carbonyl (C=O) groups is 2. The monoisotopic (exact) mass is 377 g/mol. The Morgan fingerprint density at radius 3 is 2.69 bits per heavy atom. The molecule has 10 heteroatoms. The van der Waals surface area contributed by atoms with Crippen molar-refractivity contribution < 1.29 is 32.3 Å². The lowest BCUT2D eigenvalue weighted by molar-refractivity contribution is -0.138. The van der Waals surface area contributed by atoms with Crippen LogP contribution in [0.1, 0.15) is 23.3 Å². The van der Waals surface area contributed by atoms with Crippen LogP contribution in [0, 0.1) is 12.8 Å². The highest BCUT2D eigenvalue weighted by atomic mass is 19.4. The summed E-state index contributed by atoms with van der Waals surface area (Å²) in [5.41, 5.74) is -0.830.